The van der Waals surface area contributed by atoms with E-state index in [1.807, 2.05) is 24.3 Å². The van der Waals surface area contributed by atoms with E-state index in [0.29, 0.717) is 23.3 Å². The number of anilines is 1. The highest BCUT2D eigenvalue weighted by Gasteiger charge is 2.16. The highest BCUT2D eigenvalue weighted by atomic mass is 35.5. The molecule has 0 fully saturated rings. The maximum atomic E-state index is 5.83. The first-order valence-electron chi connectivity index (χ1n) is 6.57. The van der Waals surface area contributed by atoms with Gasteiger partial charge in [-0.25, -0.2) is 0 Å². The maximum Gasteiger partial charge on any atom is 0.246 e. The molecule has 0 bridgehead atoms. The molecule has 5 nitrogen and oxygen atoms in total. The first-order valence-corrected chi connectivity index (χ1v) is 6.95. The van der Waals surface area contributed by atoms with E-state index in [2.05, 4.69) is 22.4 Å². The zero-order chi connectivity index (χ0) is 14.4. The molecule has 1 aromatic carbocycles. The Kier molecular flexibility index (Phi) is 5.38. The summed E-state index contributed by atoms with van der Waals surface area (Å²) in [6.45, 7) is 2.56. The van der Waals surface area contributed by atoms with Gasteiger partial charge in [0.15, 0.2) is 0 Å². The van der Waals surface area contributed by atoms with Crippen molar-refractivity contribution in [2.75, 3.05) is 12.4 Å². The number of nitrogens with zero attached hydrogens (tertiary/aromatic N) is 2. The quantitative estimate of drug-likeness (QED) is 0.841. The SMILES string of the molecule is CCCC(OC)c1noc(CNc2ccc(Cl)cc2)n1. The van der Waals surface area contributed by atoms with Gasteiger partial charge in [-0.1, -0.05) is 30.1 Å². The molecule has 2 rings (SSSR count). The molecule has 20 heavy (non-hydrogen) atoms. The largest absolute Gasteiger partial charge is 0.376 e. The van der Waals surface area contributed by atoms with Crippen LogP contribution in [0.2, 0.25) is 5.02 Å². The lowest BCUT2D eigenvalue weighted by Gasteiger charge is -2.08. The van der Waals surface area contributed by atoms with Crippen molar-refractivity contribution in [1.82, 2.24) is 10.1 Å². The summed E-state index contributed by atoms with van der Waals surface area (Å²) in [5.74, 6) is 1.13. The van der Waals surface area contributed by atoms with Crippen LogP contribution in [0, 0.1) is 0 Å². The Bertz CT molecular complexity index is 527. The van der Waals surface area contributed by atoms with Gasteiger partial charge in [0.25, 0.3) is 0 Å². The van der Waals surface area contributed by atoms with E-state index in [1.165, 1.54) is 0 Å². The second-order valence-electron chi connectivity index (χ2n) is 4.42. The van der Waals surface area contributed by atoms with Crippen molar-refractivity contribution in [3.8, 4) is 0 Å². The molecule has 1 unspecified atom stereocenters. The van der Waals surface area contributed by atoms with Crippen LogP contribution < -0.4 is 5.32 Å². The molecular formula is C14H18ClN3O2. The fraction of sp³-hybridized carbons (Fsp3) is 0.429. The summed E-state index contributed by atoms with van der Waals surface area (Å²) < 4.78 is 10.6. The number of methoxy groups -OCH3 is 1. The molecular weight excluding hydrogens is 278 g/mol. The summed E-state index contributed by atoms with van der Waals surface area (Å²) in [7, 11) is 1.66. The van der Waals surface area contributed by atoms with E-state index in [-0.39, 0.29) is 6.10 Å². The molecule has 0 saturated carbocycles. The maximum absolute atomic E-state index is 5.83. The van der Waals surface area contributed by atoms with Gasteiger partial charge in [0.1, 0.15) is 6.10 Å². The van der Waals surface area contributed by atoms with Crippen molar-refractivity contribution in [3.63, 3.8) is 0 Å². The van der Waals surface area contributed by atoms with Gasteiger partial charge in [-0.15, -0.1) is 0 Å². The van der Waals surface area contributed by atoms with Crippen molar-refractivity contribution in [2.24, 2.45) is 0 Å². The predicted molar refractivity (Wildman–Crippen MR) is 77.7 cm³/mol. The molecule has 0 aliphatic heterocycles. The van der Waals surface area contributed by atoms with Crippen molar-refractivity contribution < 1.29 is 9.26 Å². The number of hydrogen-bond acceptors (Lipinski definition) is 5. The van der Waals surface area contributed by atoms with Crippen molar-refractivity contribution >= 4 is 17.3 Å². The molecule has 0 radical (unpaired) electrons. The third kappa shape index (κ3) is 3.95. The molecule has 0 spiro atoms. The van der Waals surface area contributed by atoms with Crippen LogP contribution in [0.25, 0.3) is 0 Å². The predicted octanol–water partition coefficient (Wildman–Crippen LogP) is 3.82. The Morgan fingerprint density at radius 3 is 2.75 bits per heavy atom. The first-order chi connectivity index (χ1) is 9.72. The average Bonchev–Trinajstić information content (AvgIpc) is 2.93. The van der Waals surface area contributed by atoms with E-state index in [0.717, 1.165) is 18.5 Å². The number of nitrogens with one attached hydrogen (secondary N) is 1. The van der Waals surface area contributed by atoms with Crippen molar-refractivity contribution in [2.45, 2.75) is 32.4 Å². The third-order valence-electron chi connectivity index (χ3n) is 2.90. The number of rotatable bonds is 7. The van der Waals surface area contributed by atoms with E-state index in [4.69, 9.17) is 20.9 Å². The van der Waals surface area contributed by atoms with E-state index in [9.17, 15) is 0 Å². The highest BCUT2D eigenvalue weighted by molar-refractivity contribution is 6.30. The van der Waals surface area contributed by atoms with Crippen LogP contribution in [-0.4, -0.2) is 17.3 Å². The van der Waals surface area contributed by atoms with Crippen LogP contribution in [0.1, 0.15) is 37.6 Å². The Labute approximate surface area is 123 Å². The lowest BCUT2D eigenvalue weighted by Crippen LogP contribution is -2.04. The zero-order valence-electron chi connectivity index (χ0n) is 11.6. The van der Waals surface area contributed by atoms with Gasteiger partial charge in [-0.05, 0) is 30.7 Å². The average molecular weight is 296 g/mol. The summed E-state index contributed by atoms with van der Waals surface area (Å²) in [5, 5.41) is 7.86. The van der Waals surface area contributed by atoms with Crippen molar-refractivity contribution in [3.05, 3.63) is 41.0 Å². The van der Waals surface area contributed by atoms with Crippen LogP contribution in [0.3, 0.4) is 0 Å². The molecule has 1 heterocycles. The van der Waals surface area contributed by atoms with Gasteiger partial charge >= 0.3 is 0 Å². The normalized spacial score (nSPS) is 12.3. The Morgan fingerprint density at radius 2 is 2.10 bits per heavy atom. The third-order valence-corrected chi connectivity index (χ3v) is 3.15. The topological polar surface area (TPSA) is 60.2 Å². The highest BCUT2D eigenvalue weighted by Crippen LogP contribution is 2.19. The summed E-state index contributed by atoms with van der Waals surface area (Å²) >= 11 is 5.83. The van der Waals surface area contributed by atoms with E-state index in [1.54, 1.807) is 7.11 Å². The number of hydrogen-bond donors (Lipinski definition) is 1. The van der Waals surface area contributed by atoms with Crippen molar-refractivity contribution in [1.29, 1.82) is 0 Å². The Balaban J connectivity index is 1.93. The first kappa shape index (κ1) is 14.8. The molecule has 2 aromatic rings. The Hall–Kier alpha value is -1.59. The smallest absolute Gasteiger partial charge is 0.246 e. The van der Waals surface area contributed by atoms with Gasteiger partial charge in [0.05, 0.1) is 6.54 Å². The molecule has 0 saturated heterocycles. The fourth-order valence-electron chi connectivity index (χ4n) is 1.83. The lowest BCUT2D eigenvalue weighted by atomic mass is 10.2. The number of ether oxygens (including phenoxy) is 1. The molecule has 108 valence electrons. The summed E-state index contributed by atoms with van der Waals surface area (Å²) in [4.78, 5) is 4.34. The van der Waals surface area contributed by atoms with E-state index < -0.39 is 0 Å². The summed E-state index contributed by atoms with van der Waals surface area (Å²) in [5.41, 5.74) is 0.950. The van der Waals surface area contributed by atoms with E-state index >= 15 is 0 Å². The van der Waals surface area contributed by atoms with Crippen LogP contribution in [0.5, 0.6) is 0 Å². The zero-order valence-corrected chi connectivity index (χ0v) is 12.4. The lowest BCUT2D eigenvalue weighted by molar-refractivity contribution is 0.0854. The summed E-state index contributed by atoms with van der Waals surface area (Å²) in [6.07, 6.45) is 1.78. The minimum absolute atomic E-state index is 0.104. The second-order valence-corrected chi connectivity index (χ2v) is 4.86. The minimum Gasteiger partial charge on any atom is -0.376 e. The summed E-state index contributed by atoms with van der Waals surface area (Å²) in [6, 6.07) is 7.44. The standard InChI is InChI=1S/C14H18ClN3O2/c1-3-4-12(19-2)14-17-13(20-18-14)9-16-11-7-5-10(15)6-8-11/h5-8,12,16H,3-4,9H2,1-2H3. The second kappa shape index (κ2) is 7.26. The molecule has 6 heteroatoms. The van der Waals surface area contributed by atoms with Gasteiger partial charge in [-0.2, -0.15) is 4.98 Å². The molecule has 1 atom stereocenters. The molecule has 1 N–H and O–H groups in total. The van der Waals surface area contributed by atoms with Crippen LogP contribution in [0.15, 0.2) is 28.8 Å². The fourth-order valence-corrected chi connectivity index (χ4v) is 1.96. The molecule has 0 amide bonds. The van der Waals surface area contributed by atoms with Crippen LogP contribution in [0.4, 0.5) is 5.69 Å². The number of aromatic nitrogens is 2. The molecule has 0 aliphatic rings. The minimum atomic E-state index is -0.104. The number of halogens is 1. The Morgan fingerprint density at radius 1 is 1.35 bits per heavy atom. The van der Waals surface area contributed by atoms with Crippen LogP contribution in [-0.2, 0) is 11.3 Å². The van der Waals surface area contributed by atoms with Gasteiger partial charge in [0.2, 0.25) is 11.7 Å². The monoisotopic (exact) mass is 295 g/mol. The molecule has 0 aliphatic carbocycles. The van der Waals surface area contributed by atoms with Gasteiger partial charge < -0.3 is 14.6 Å². The molecule has 1 aromatic heterocycles. The van der Waals surface area contributed by atoms with Crippen LogP contribution >= 0.6 is 11.6 Å². The number of benzene rings is 1. The van der Waals surface area contributed by atoms with Gasteiger partial charge in [0, 0.05) is 17.8 Å². The van der Waals surface area contributed by atoms with Gasteiger partial charge in [-0.3, -0.25) is 0 Å².